The number of rotatable bonds is 9. The van der Waals surface area contributed by atoms with Crippen molar-refractivity contribution in [3.8, 4) is 0 Å². The highest BCUT2D eigenvalue weighted by Gasteiger charge is 2.77. The molecule has 3 fully saturated rings. The lowest BCUT2D eigenvalue weighted by Gasteiger charge is -2.37. The lowest BCUT2D eigenvalue weighted by molar-refractivity contribution is -0.155. The molecule has 30 heavy (non-hydrogen) atoms. The molecule has 3 saturated heterocycles. The Bertz CT molecular complexity index is 686. The van der Waals surface area contributed by atoms with Crippen molar-refractivity contribution in [1.82, 2.24) is 10.2 Å². The Morgan fingerprint density at radius 1 is 1.40 bits per heavy atom. The minimum absolute atomic E-state index is 0.0525. The molecule has 9 heteroatoms. The first kappa shape index (κ1) is 23.5. The van der Waals surface area contributed by atoms with Crippen molar-refractivity contribution in [3.05, 3.63) is 0 Å². The molecule has 3 aliphatic heterocycles. The Labute approximate surface area is 186 Å². The van der Waals surface area contributed by atoms with Crippen LogP contribution in [0.3, 0.4) is 0 Å². The lowest BCUT2D eigenvalue weighted by Crippen LogP contribution is -2.59. The quantitative estimate of drug-likeness (QED) is 0.375. The number of esters is 1. The molecule has 0 radical (unpaired) electrons. The van der Waals surface area contributed by atoms with Gasteiger partial charge >= 0.3 is 5.97 Å². The summed E-state index contributed by atoms with van der Waals surface area (Å²) in [6.45, 7) is 7.51. The molecule has 3 heterocycles. The first-order valence-corrected chi connectivity index (χ1v) is 11.9. The van der Waals surface area contributed by atoms with Gasteiger partial charge in [0.1, 0.15) is 11.6 Å². The predicted molar refractivity (Wildman–Crippen MR) is 113 cm³/mol. The second kappa shape index (κ2) is 9.12. The Kier molecular flexibility index (Phi) is 7.14. The Hall–Kier alpha value is -1.19. The molecule has 8 nitrogen and oxygen atoms in total. The van der Waals surface area contributed by atoms with Gasteiger partial charge in [0.25, 0.3) is 0 Å². The molecule has 0 aliphatic carbocycles. The topological polar surface area (TPSA) is 105 Å². The van der Waals surface area contributed by atoms with Gasteiger partial charge in [0.2, 0.25) is 11.8 Å². The summed E-state index contributed by atoms with van der Waals surface area (Å²) in [4.78, 5) is 41.2. The summed E-state index contributed by atoms with van der Waals surface area (Å²) in [5, 5.41) is 13.0. The van der Waals surface area contributed by atoms with E-state index in [2.05, 4.69) is 21.2 Å². The average molecular weight is 489 g/mol. The lowest BCUT2D eigenvalue weighted by atomic mass is 9.70. The fraction of sp³-hybridized carbons (Fsp3) is 0.857. The fourth-order valence-corrected chi connectivity index (χ4v) is 6.45. The molecule has 4 unspecified atom stereocenters. The maximum absolute atomic E-state index is 13.6. The number of hydrogen-bond donors (Lipinski definition) is 2. The van der Waals surface area contributed by atoms with Gasteiger partial charge in [-0.2, -0.15) is 0 Å². The monoisotopic (exact) mass is 488 g/mol. The number of hydrogen-bond acceptors (Lipinski definition) is 6. The van der Waals surface area contributed by atoms with E-state index in [0.29, 0.717) is 12.8 Å². The largest absolute Gasteiger partial charge is 0.466 e. The first-order chi connectivity index (χ1) is 14.3. The molecule has 0 aromatic heterocycles. The Morgan fingerprint density at radius 2 is 2.10 bits per heavy atom. The fourth-order valence-electron chi connectivity index (χ4n) is 5.51. The summed E-state index contributed by atoms with van der Waals surface area (Å²) in [5.41, 5.74) is -1.11. The molecule has 2 N–H and O–H groups in total. The maximum Gasteiger partial charge on any atom is 0.312 e. The maximum atomic E-state index is 13.6. The highest BCUT2D eigenvalue weighted by atomic mass is 79.9. The van der Waals surface area contributed by atoms with Gasteiger partial charge in [-0.3, -0.25) is 14.4 Å². The van der Waals surface area contributed by atoms with Gasteiger partial charge < -0.3 is 24.8 Å². The Morgan fingerprint density at radius 3 is 2.67 bits per heavy atom. The summed E-state index contributed by atoms with van der Waals surface area (Å²) in [5.74, 6) is -2.61. The number of aliphatic hydroxyl groups is 1. The number of carbonyl (C=O) groups is 3. The van der Waals surface area contributed by atoms with Crippen LogP contribution in [0.25, 0.3) is 0 Å². The zero-order chi connectivity index (χ0) is 22.2. The van der Waals surface area contributed by atoms with Gasteiger partial charge in [-0.1, -0.05) is 36.2 Å². The number of amides is 2. The van der Waals surface area contributed by atoms with Crippen LogP contribution in [-0.4, -0.2) is 75.7 Å². The van der Waals surface area contributed by atoms with Gasteiger partial charge in [0.05, 0.1) is 37.2 Å². The van der Waals surface area contributed by atoms with Gasteiger partial charge in [-0.05, 0) is 33.1 Å². The minimum Gasteiger partial charge on any atom is -0.466 e. The number of carbonyl (C=O) groups excluding carboxylic acids is 3. The van der Waals surface area contributed by atoms with Crippen molar-refractivity contribution in [2.75, 3.05) is 13.2 Å². The van der Waals surface area contributed by atoms with E-state index in [1.165, 1.54) is 4.90 Å². The van der Waals surface area contributed by atoms with E-state index in [9.17, 15) is 19.5 Å². The van der Waals surface area contributed by atoms with E-state index in [-0.39, 0.29) is 35.9 Å². The van der Waals surface area contributed by atoms with E-state index >= 15 is 0 Å². The van der Waals surface area contributed by atoms with Gasteiger partial charge in [0, 0.05) is 10.9 Å². The number of halogens is 1. The van der Waals surface area contributed by atoms with E-state index in [4.69, 9.17) is 9.47 Å². The summed E-state index contributed by atoms with van der Waals surface area (Å²) < 4.78 is 11.6. The molecule has 3 aliphatic rings. The number of nitrogens with one attached hydrogen (secondary N) is 1. The van der Waals surface area contributed by atoms with Crippen molar-refractivity contribution in [2.45, 2.75) is 88.0 Å². The zero-order valence-electron chi connectivity index (χ0n) is 18.1. The highest BCUT2D eigenvalue weighted by Crippen LogP contribution is 2.60. The molecule has 3 rings (SSSR count). The third-order valence-corrected chi connectivity index (χ3v) is 7.56. The zero-order valence-corrected chi connectivity index (χ0v) is 19.7. The van der Waals surface area contributed by atoms with E-state index in [0.717, 1.165) is 12.8 Å². The number of fused-ring (bicyclic) bond motifs is 1. The molecule has 1 spiro atoms. The van der Waals surface area contributed by atoms with Crippen LogP contribution in [0.1, 0.15) is 53.4 Å². The molecular weight excluding hydrogens is 456 g/mol. The number of ether oxygens (including phenoxy) is 2. The highest BCUT2D eigenvalue weighted by molar-refractivity contribution is 9.09. The second-order valence-electron chi connectivity index (χ2n) is 8.60. The van der Waals surface area contributed by atoms with E-state index in [1.54, 1.807) is 6.92 Å². The van der Waals surface area contributed by atoms with Crippen molar-refractivity contribution >= 4 is 33.7 Å². The first-order valence-electron chi connectivity index (χ1n) is 11.0. The van der Waals surface area contributed by atoms with Crippen LogP contribution in [0.2, 0.25) is 0 Å². The summed E-state index contributed by atoms with van der Waals surface area (Å²) in [7, 11) is 0. The Balaban J connectivity index is 2.03. The smallest absolute Gasteiger partial charge is 0.312 e. The van der Waals surface area contributed by atoms with E-state index in [1.807, 2.05) is 20.8 Å². The third kappa shape index (κ3) is 3.56. The van der Waals surface area contributed by atoms with Crippen LogP contribution in [0.15, 0.2) is 0 Å². The van der Waals surface area contributed by atoms with Gasteiger partial charge in [-0.15, -0.1) is 0 Å². The van der Waals surface area contributed by atoms with Crippen LogP contribution in [0, 0.1) is 11.8 Å². The number of aliphatic hydroxyl groups excluding tert-OH is 1. The molecule has 170 valence electrons. The van der Waals surface area contributed by atoms with Crippen molar-refractivity contribution in [2.24, 2.45) is 11.8 Å². The molecule has 2 bridgehead atoms. The van der Waals surface area contributed by atoms with Gasteiger partial charge in [0.15, 0.2) is 0 Å². The van der Waals surface area contributed by atoms with Crippen LogP contribution >= 0.6 is 15.9 Å². The molecule has 0 aromatic carbocycles. The predicted octanol–water partition coefficient (Wildman–Crippen LogP) is 1.37. The molecule has 0 saturated carbocycles. The number of alkyl halides is 1. The normalized spacial score (nSPS) is 36.5. The SMILES string of the molecule is CCCC(C)NC(=O)C1N([C@@H](CC)CO)C(=O)[C@@H]2[C@H](C(=O)OCC)[C@H]3OC12CC3Br. The third-order valence-electron chi connectivity index (χ3n) is 6.72. The molecular formula is C21H33BrN2O6. The van der Waals surface area contributed by atoms with Crippen LogP contribution in [0.5, 0.6) is 0 Å². The van der Waals surface area contributed by atoms with Crippen LogP contribution < -0.4 is 5.32 Å². The number of nitrogens with zero attached hydrogens (tertiary/aromatic N) is 1. The standard InChI is InChI=1S/C21H33BrN2O6/c1-5-8-11(4)23-18(26)17-21-9-13(22)16(30-21)14(20(28)29-7-3)15(21)19(27)24(17)12(6-2)10-25/h11-17,25H,5-10H2,1-4H3,(H,23,26)/t11?,12-,13?,14-,15-,16-,17?,21?/m0/s1. The van der Waals surface area contributed by atoms with Crippen molar-refractivity contribution in [3.63, 3.8) is 0 Å². The summed E-state index contributed by atoms with van der Waals surface area (Å²) >= 11 is 3.61. The van der Waals surface area contributed by atoms with Crippen molar-refractivity contribution < 1.29 is 29.0 Å². The van der Waals surface area contributed by atoms with Gasteiger partial charge in [-0.25, -0.2) is 0 Å². The van der Waals surface area contributed by atoms with Crippen LogP contribution in [-0.2, 0) is 23.9 Å². The van der Waals surface area contributed by atoms with Crippen molar-refractivity contribution in [1.29, 1.82) is 0 Å². The van der Waals surface area contributed by atoms with Crippen LogP contribution in [0.4, 0.5) is 0 Å². The van der Waals surface area contributed by atoms with E-state index < -0.39 is 41.6 Å². The number of likely N-dealkylation sites (tertiary alicyclic amines) is 1. The molecule has 2 amide bonds. The second-order valence-corrected chi connectivity index (χ2v) is 9.78. The summed E-state index contributed by atoms with van der Waals surface area (Å²) in [6.07, 6.45) is 2.16. The summed E-state index contributed by atoms with van der Waals surface area (Å²) in [6, 6.07) is -1.46. The minimum atomic E-state index is -1.11. The average Bonchev–Trinajstić information content (AvgIpc) is 3.27. The molecule has 0 aromatic rings. The molecule has 8 atom stereocenters.